The third-order valence-electron chi connectivity index (χ3n) is 7.08. The number of carbonyl (C=O) groups is 1. The number of nitro groups is 1. The highest BCUT2D eigenvalue weighted by molar-refractivity contribution is 5.92. The standard InChI is InChI=1S/C30H30N4O4/c1-20-16-27(24-10-11-28(31-18-24)23-8-5-9-26(17-23)34(36)37)29(21(2)32-20)30(35)38-15-14-33-13-12-22-6-3-4-7-25(22)19-33/h3-11,16-18,27,32H,12-15,19H2,1-2H3. The van der Waals surface area contributed by atoms with Crippen LogP contribution in [0.5, 0.6) is 0 Å². The summed E-state index contributed by atoms with van der Waals surface area (Å²) in [6.45, 7) is 6.65. The van der Waals surface area contributed by atoms with Crippen LogP contribution < -0.4 is 5.32 Å². The summed E-state index contributed by atoms with van der Waals surface area (Å²) >= 11 is 0. The summed E-state index contributed by atoms with van der Waals surface area (Å²) in [4.78, 5) is 30.9. The number of fused-ring (bicyclic) bond motifs is 1. The SMILES string of the molecule is CC1=CC(c2ccc(-c3cccc([N+](=O)[O-])c3)nc2)C(C(=O)OCCN2CCc3ccccc3C2)=C(C)N1. The number of benzene rings is 2. The first-order valence-electron chi connectivity index (χ1n) is 12.7. The second-order valence-electron chi connectivity index (χ2n) is 9.71. The molecule has 3 heterocycles. The number of carbonyl (C=O) groups excluding carboxylic acids is 1. The van der Waals surface area contributed by atoms with E-state index in [1.165, 1.54) is 23.3 Å². The Morgan fingerprint density at radius 1 is 1.13 bits per heavy atom. The summed E-state index contributed by atoms with van der Waals surface area (Å²) in [5, 5.41) is 14.4. The van der Waals surface area contributed by atoms with Crippen molar-refractivity contribution in [3.05, 3.63) is 117 Å². The number of hydrogen-bond donors (Lipinski definition) is 1. The molecule has 0 bridgehead atoms. The van der Waals surface area contributed by atoms with Crippen LogP contribution in [0.15, 0.2) is 89.9 Å². The lowest BCUT2D eigenvalue weighted by atomic mass is 9.87. The van der Waals surface area contributed by atoms with Gasteiger partial charge >= 0.3 is 5.97 Å². The molecule has 2 aliphatic heterocycles. The smallest absolute Gasteiger partial charge is 0.336 e. The summed E-state index contributed by atoms with van der Waals surface area (Å²) < 4.78 is 5.77. The van der Waals surface area contributed by atoms with Crippen LogP contribution in [0.2, 0.25) is 0 Å². The van der Waals surface area contributed by atoms with Crippen molar-refractivity contribution >= 4 is 11.7 Å². The quantitative estimate of drug-likeness (QED) is 0.268. The normalized spacial score (nSPS) is 17.3. The zero-order chi connectivity index (χ0) is 26.6. The minimum absolute atomic E-state index is 0.0163. The van der Waals surface area contributed by atoms with Gasteiger partial charge in [-0.2, -0.15) is 0 Å². The Labute approximate surface area is 221 Å². The number of rotatable bonds is 7. The molecule has 1 atom stereocenters. The van der Waals surface area contributed by atoms with E-state index in [4.69, 9.17) is 4.74 Å². The van der Waals surface area contributed by atoms with Crippen LogP contribution in [0.25, 0.3) is 11.3 Å². The fourth-order valence-corrected chi connectivity index (χ4v) is 5.14. The third-order valence-corrected chi connectivity index (χ3v) is 7.08. The Hall–Kier alpha value is -4.30. The number of non-ortho nitro benzene ring substituents is 1. The number of pyridine rings is 1. The van der Waals surface area contributed by atoms with Crippen LogP contribution in [0.1, 0.15) is 36.5 Å². The Bertz CT molecular complexity index is 1430. The molecule has 0 radical (unpaired) electrons. The lowest BCUT2D eigenvalue weighted by Gasteiger charge is -2.29. The summed E-state index contributed by atoms with van der Waals surface area (Å²) in [6, 6.07) is 18.6. The maximum atomic E-state index is 13.3. The number of hydrogen-bond acceptors (Lipinski definition) is 7. The molecule has 5 rings (SSSR count). The highest BCUT2D eigenvalue weighted by Gasteiger charge is 2.29. The monoisotopic (exact) mass is 510 g/mol. The van der Waals surface area contributed by atoms with Gasteiger partial charge in [-0.05, 0) is 43.0 Å². The molecule has 3 aromatic rings. The first-order chi connectivity index (χ1) is 18.4. The second kappa shape index (κ2) is 11.0. The molecule has 0 fully saturated rings. The van der Waals surface area contributed by atoms with Crippen LogP contribution in [-0.2, 0) is 22.5 Å². The molecule has 0 spiro atoms. The lowest BCUT2D eigenvalue weighted by molar-refractivity contribution is -0.384. The highest BCUT2D eigenvalue weighted by atomic mass is 16.6. The third kappa shape index (κ3) is 5.50. The molecule has 0 amide bonds. The first kappa shape index (κ1) is 25.4. The molecule has 2 aromatic carbocycles. The Balaban J connectivity index is 1.27. The Morgan fingerprint density at radius 3 is 2.71 bits per heavy atom. The van der Waals surface area contributed by atoms with Crippen LogP contribution in [0.3, 0.4) is 0 Å². The van der Waals surface area contributed by atoms with Crippen molar-refractivity contribution < 1.29 is 14.5 Å². The van der Waals surface area contributed by atoms with Crippen molar-refractivity contribution in [1.29, 1.82) is 0 Å². The molecular weight excluding hydrogens is 480 g/mol. The van der Waals surface area contributed by atoms with Crippen LogP contribution in [-0.4, -0.2) is 40.5 Å². The fraction of sp³-hybridized carbons (Fsp3) is 0.267. The molecule has 1 unspecified atom stereocenters. The molecule has 0 aliphatic carbocycles. The topological polar surface area (TPSA) is 97.6 Å². The number of nitrogens with one attached hydrogen (secondary N) is 1. The Kier molecular flexibility index (Phi) is 7.33. The van der Waals surface area contributed by atoms with Gasteiger partial charge in [-0.15, -0.1) is 0 Å². The van der Waals surface area contributed by atoms with E-state index in [9.17, 15) is 14.9 Å². The largest absolute Gasteiger partial charge is 0.461 e. The van der Waals surface area contributed by atoms with E-state index in [-0.39, 0.29) is 17.6 Å². The minimum Gasteiger partial charge on any atom is -0.461 e. The van der Waals surface area contributed by atoms with Gasteiger partial charge in [0.2, 0.25) is 0 Å². The number of nitrogens with zero attached hydrogens (tertiary/aromatic N) is 3. The fourth-order valence-electron chi connectivity index (χ4n) is 5.14. The number of nitro benzene ring substituents is 1. The van der Waals surface area contributed by atoms with E-state index in [0.29, 0.717) is 30.0 Å². The summed E-state index contributed by atoms with van der Waals surface area (Å²) in [5.74, 6) is -0.652. The predicted molar refractivity (Wildman–Crippen MR) is 145 cm³/mol. The zero-order valence-corrected chi connectivity index (χ0v) is 21.5. The lowest BCUT2D eigenvalue weighted by Crippen LogP contribution is -2.34. The van der Waals surface area contributed by atoms with Crippen LogP contribution in [0, 0.1) is 10.1 Å². The number of aromatic nitrogens is 1. The molecular formula is C30H30N4O4. The number of esters is 1. The number of ether oxygens (including phenoxy) is 1. The maximum absolute atomic E-state index is 13.3. The highest BCUT2D eigenvalue weighted by Crippen LogP contribution is 2.33. The van der Waals surface area contributed by atoms with E-state index in [1.807, 2.05) is 32.1 Å². The van der Waals surface area contributed by atoms with Gasteiger partial charge in [0.15, 0.2) is 0 Å². The van der Waals surface area contributed by atoms with Crippen molar-refractivity contribution in [2.45, 2.75) is 32.7 Å². The number of dihydropyridines is 1. The molecule has 1 N–H and O–H groups in total. The van der Waals surface area contributed by atoms with Gasteiger partial charge in [-0.3, -0.25) is 20.0 Å². The van der Waals surface area contributed by atoms with Gasteiger partial charge < -0.3 is 10.1 Å². The van der Waals surface area contributed by atoms with Gasteiger partial charge in [0.05, 0.1) is 16.2 Å². The van der Waals surface area contributed by atoms with E-state index in [2.05, 4.69) is 39.5 Å². The van der Waals surface area contributed by atoms with Crippen molar-refractivity contribution in [2.24, 2.45) is 0 Å². The number of allylic oxidation sites excluding steroid dienone is 3. The van der Waals surface area contributed by atoms with E-state index in [0.717, 1.165) is 36.5 Å². The molecule has 8 heteroatoms. The molecule has 1 aromatic heterocycles. The van der Waals surface area contributed by atoms with Crippen molar-refractivity contribution in [1.82, 2.24) is 15.2 Å². The molecule has 8 nitrogen and oxygen atoms in total. The first-order valence-corrected chi connectivity index (χ1v) is 12.7. The van der Waals surface area contributed by atoms with Crippen LogP contribution >= 0.6 is 0 Å². The molecule has 0 saturated carbocycles. The van der Waals surface area contributed by atoms with Gasteiger partial charge in [0, 0.05) is 60.8 Å². The summed E-state index contributed by atoms with van der Waals surface area (Å²) in [6.07, 6.45) is 4.72. The van der Waals surface area contributed by atoms with Gasteiger partial charge in [-0.1, -0.05) is 48.5 Å². The molecule has 2 aliphatic rings. The molecule has 38 heavy (non-hydrogen) atoms. The van der Waals surface area contributed by atoms with Gasteiger partial charge in [-0.25, -0.2) is 4.79 Å². The van der Waals surface area contributed by atoms with Crippen molar-refractivity contribution in [3.8, 4) is 11.3 Å². The molecule has 0 saturated heterocycles. The van der Waals surface area contributed by atoms with E-state index in [1.54, 1.807) is 18.3 Å². The van der Waals surface area contributed by atoms with Gasteiger partial charge in [0.1, 0.15) is 6.61 Å². The second-order valence-corrected chi connectivity index (χ2v) is 9.71. The summed E-state index contributed by atoms with van der Waals surface area (Å²) in [7, 11) is 0. The minimum atomic E-state index is -0.421. The average molecular weight is 511 g/mol. The van der Waals surface area contributed by atoms with Crippen molar-refractivity contribution in [2.75, 3.05) is 19.7 Å². The van der Waals surface area contributed by atoms with Crippen LogP contribution in [0.4, 0.5) is 5.69 Å². The summed E-state index contributed by atoms with van der Waals surface area (Å²) in [5.41, 5.74) is 7.14. The zero-order valence-electron chi connectivity index (χ0n) is 21.5. The van der Waals surface area contributed by atoms with E-state index < -0.39 is 4.92 Å². The van der Waals surface area contributed by atoms with Crippen molar-refractivity contribution in [3.63, 3.8) is 0 Å². The molecule has 194 valence electrons. The Morgan fingerprint density at radius 2 is 1.95 bits per heavy atom. The maximum Gasteiger partial charge on any atom is 0.336 e. The van der Waals surface area contributed by atoms with E-state index >= 15 is 0 Å². The predicted octanol–water partition coefficient (Wildman–Crippen LogP) is 5.12. The average Bonchev–Trinajstić information content (AvgIpc) is 2.92. The van der Waals surface area contributed by atoms with Gasteiger partial charge in [0.25, 0.3) is 5.69 Å².